The van der Waals surface area contributed by atoms with Crippen molar-refractivity contribution in [2.45, 2.75) is 12.8 Å². The van der Waals surface area contributed by atoms with Gasteiger partial charge in [0.2, 0.25) is 5.91 Å². The average Bonchev–Trinajstić information content (AvgIpc) is 3.32. The van der Waals surface area contributed by atoms with Crippen molar-refractivity contribution in [1.29, 1.82) is 0 Å². The van der Waals surface area contributed by atoms with Crippen LogP contribution in [-0.2, 0) is 4.79 Å². The van der Waals surface area contributed by atoms with Gasteiger partial charge in [0.05, 0.1) is 10.8 Å². The Kier molecular flexibility index (Phi) is 6.24. The number of rotatable bonds is 6. The highest BCUT2D eigenvalue weighted by Crippen LogP contribution is 2.27. The summed E-state index contributed by atoms with van der Waals surface area (Å²) in [5, 5.41) is 7.84. The zero-order valence-electron chi connectivity index (χ0n) is 17.0. The summed E-state index contributed by atoms with van der Waals surface area (Å²) in [6.07, 6.45) is 0. The molecular formula is C26H22N2O2S. The van der Waals surface area contributed by atoms with Gasteiger partial charge in [0.1, 0.15) is 0 Å². The van der Waals surface area contributed by atoms with Crippen molar-refractivity contribution in [3.05, 3.63) is 118 Å². The van der Waals surface area contributed by atoms with Gasteiger partial charge in [-0.15, -0.1) is 11.3 Å². The van der Waals surface area contributed by atoms with E-state index in [0.717, 1.165) is 22.4 Å². The molecule has 4 aromatic rings. The molecule has 1 heterocycles. The smallest absolute Gasteiger partial charge is 0.265 e. The number of hydrogen-bond donors (Lipinski definition) is 2. The number of aryl methyl sites for hydroxylation is 1. The largest absolute Gasteiger partial charge is 0.325 e. The van der Waals surface area contributed by atoms with Gasteiger partial charge in [0.15, 0.2) is 0 Å². The number of amides is 2. The SMILES string of the molecule is Cc1cc(NC(=O)C(c2ccccc2)c2ccccc2)ccc1NC(=O)c1cccs1. The second-order valence-electron chi connectivity index (χ2n) is 7.20. The lowest BCUT2D eigenvalue weighted by molar-refractivity contribution is -0.116. The van der Waals surface area contributed by atoms with Crippen LogP contribution in [0.5, 0.6) is 0 Å². The van der Waals surface area contributed by atoms with Gasteiger partial charge in [-0.05, 0) is 53.3 Å². The normalized spacial score (nSPS) is 10.6. The molecule has 0 aliphatic heterocycles. The van der Waals surface area contributed by atoms with E-state index in [-0.39, 0.29) is 11.8 Å². The number of benzene rings is 3. The fourth-order valence-corrected chi connectivity index (χ4v) is 4.09. The Morgan fingerprint density at radius 1 is 0.774 bits per heavy atom. The van der Waals surface area contributed by atoms with Gasteiger partial charge in [-0.25, -0.2) is 0 Å². The molecular weight excluding hydrogens is 404 g/mol. The van der Waals surface area contributed by atoms with Gasteiger partial charge in [-0.1, -0.05) is 66.7 Å². The van der Waals surface area contributed by atoms with Crippen LogP contribution in [-0.4, -0.2) is 11.8 Å². The molecule has 0 bridgehead atoms. The first-order valence-corrected chi connectivity index (χ1v) is 10.9. The quantitative estimate of drug-likeness (QED) is 0.393. The molecule has 0 saturated carbocycles. The van der Waals surface area contributed by atoms with Crippen molar-refractivity contribution < 1.29 is 9.59 Å². The minimum absolute atomic E-state index is 0.104. The summed E-state index contributed by atoms with van der Waals surface area (Å²) in [4.78, 5) is 26.2. The maximum absolute atomic E-state index is 13.3. The Hall–Kier alpha value is -3.70. The Labute approximate surface area is 185 Å². The van der Waals surface area contributed by atoms with Gasteiger partial charge >= 0.3 is 0 Å². The summed E-state index contributed by atoms with van der Waals surface area (Å²) < 4.78 is 0. The molecule has 0 atom stereocenters. The topological polar surface area (TPSA) is 58.2 Å². The molecule has 0 aliphatic rings. The number of anilines is 2. The summed E-state index contributed by atoms with van der Waals surface area (Å²) in [6, 6.07) is 28.6. The number of carbonyl (C=O) groups is 2. The van der Waals surface area contributed by atoms with Gasteiger partial charge in [-0.3, -0.25) is 9.59 Å². The second kappa shape index (κ2) is 9.41. The summed E-state index contributed by atoms with van der Waals surface area (Å²) in [7, 11) is 0. The van der Waals surface area contributed by atoms with E-state index in [1.54, 1.807) is 6.07 Å². The molecule has 0 spiro atoms. The lowest BCUT2D eigenvalue weighted by Crippen LogP contribution is -2.22. The molecule has 2 N–H and O–H groups in total. The first-order valence-electron chi connectivity index (χ1n) is 9.98. The fraction of sp³-hybridized carbons (Fsp3) is 0.0769. The van der Waals surface area contributed by atoms with Crippen molar-refractivity contribution in [3.8, 4) is 0 Å². The molecule has 0 aliphatic carbocycles. The number of thiophene rings is 1. The second-order valence-corrected chi connectivity index (χ2v) is 8.15. The number of hydrogen-bond acceptors (Lipinski definition) is 3. The van der Waals surface area contributed by atoms with Crippen LogP contribution >= 0.6 is 11.3 Å². The first kappa shape index (κ1) is 20.6. The van der Waals surface area contributed by atoms with Gasteiger partial charge in [-0.2, -0.15) is 0 Å². The number of carbonyl (C=O) groups excluding carboxylic acids is 2. The average molecular weight is 427 g/mol. The van der Waals surface area contributed by atoms with Crippen LogP contribution in [0.1, 0.15) is 32.3 Å². The monoisotopic (exact) mass is 426 g/mol. The lowest BCUT2D eigenvalue weighted by atomic mass is 9.90. The van der Waals surface area contributed by atoms with E-state index in [9.17, 15) is 9.59 Å². The highest BCUT2D eigenvalue weighted by Gasteiger charge is 2.22. The van der Waals surface area contributed by atoms with Crippen molar-refractivity contribution in [1.82, 2.24) is 0 Å². The first-order chi connectivity index (χ1) is 15.1. The minimum Gasteiger partial charge on any atom is -0.325 e. The predicted octanol–water partition coefficient (Wildman–Crippen LogP) is 6.08. The van der Waals surface area contributed by atoms with E-state index in [2.05, 4.69) is 10.6 Å². The maximum atomic E-state index is 13.3. The van der Waals surface area contributed by atoms with E-state index in [1.807, 2.05) is 97.2 Å². The molecule has 31 heavy (non-hydrogen) atoms. The zero-order chi connectivity index (χ0) is 21.6. The molecule has 3 aromatic carbocycles. The Balaban J connectivity index is 1.54. The van der Waals surface area contributed by atoms with Gasteiger partial charge < -0.3 is 10.6 Å². The van der Waals surface area contributed by atoms with E-state index in [0.29, 0.717) is 10.6 Å². The van der Waals surface area contributed by atoms with Crippen LogP contribution in [0.15, 0.2) is 96.4 Å². The van der Waals surface area contributed by atoms with Crippen LogP contribution in [0, 0.1) is 6.92 Å². The van der Waals surface area contributed by atoms with Crippen molar-refractivity contribution in [2.75, 3.05) is 10.6 Å². The van der Waals surface area contributed by atoms with E-state index < -0.39 is 5.92 Å². The van der Waals surface area contributed by atoms with Crippen molar-refractivity contribution in [2.24, 2.45) is 0 Å². The van der Waals surface area contributed by atoms with Crippen molar-refractivity contribution >= 4 is 34.5 Å². The zero-order valence-corrected chi connectivity index (χ0v) is 17.9. The molecule has 0 unspecified atom stereocenters. The fourth-order valence-electron chi connectivity index (χ4n) is 3.47. The molecule has 0 radical (unpaired) electrons. The van der Waals surface area contributed by atoms with E-state index in [1.165, 1.54) is 11.3 Å². The van der Waals surface area contributed by atoms with Crippen LogP contribution in [0.3, 0.4) is 0 Å². The van der Waals surface area contributed by atoms with Crippen LogP contribution in [0.4, 0.5) is 11.4 Å². The minimum atomic E-state index is -0.416. The highest BCUT2D eigenvalue weighted by molar-refractivity contribution is 7.12. The maximum Gasteiger partial charge on any atom is 0.265 e. The Morgan fingerprint density at radius 3 is 1.97 bits per heavy atom. The third-order valence-corrected chi connectivity index (χ3v) is 5.88. The molecule has 154 valence electrons. The van der Waals surface area contributed by atoms with Crippen LogP contribution in [0.2, 0.25) is 0 Å². The Bertz CT molecular complexity index is 1130. The van der Waals surface area contributed by atoms with Crippen LogP contribution < -0.4 is 10.6 Å². The summed E-state index contributed by atoms with van der Waals surface area (Å²) >= 11 is 1.40. The summed E-state index contributed by atoms with van der Waals surface area (Å²) in [5.74, 6) is -0.656. The number of nitrogens with one attached hydrogen (secondary N) is 2. The third-order valence-electron chi connectivity index (χ3n) is 5.02. The van der Waals surface area contributed by atoms with Gasteiger partial charge in [0.25, 0.3) is 5.91 Å². The van der Waals surface area contributed by atoms with Crippen LogP contribution in [0.25, 0.3) is 0 Å². The Morgan fingerprint density at radius 2 is 1.42 bits per heavy atom. The molecule has 5 heteroatoms. The lowest BCUT2D eigenvalue weighted by Gasteiger charge is -2.18. The highest BCUT2D eigenvalue weighted by atomic mass is 32.1. The van der Waals surface area contributed by atoms with E-state index >= 15 is 0 Å². The summed E-state index contributed by atoms with van der Waals surface area (Å²) in [5.41, 5.74) is 4.15. The third kappa shape index (κ3) is 4.90. The van der Waals surface area contributed by atoms with E-state index in [4.69, 9.17) is 0 Å². The standard InChI is InChI=1S/C26H22N2O2S/c1-18-17-21(14-15-22(18)28-25(29)23-13-8-16-31-23)27-26(30)24(19-9-4-2-5-10-19)20-11-6-3-7-12-20/h2-17,24H,1H3,(H,27,30)(H,28,29). The van der Waals surface area contributed by atoms with Crippen molar-refractivity contribution in [3.63, 3.8) is 0 Å². The molecule has 2 amide bonds. The summed E-state index contributed by atoms with van der Waals surface area (Å²) in [6.45, 7) is 1.91. The molecule has 0 fully saturated rings. The predicted molar refractivity (Wildman–Crippen MR) is 127 cm³/mol. The molecule has 4 nitrogen and oxygen atoms in total. The molecule has 1 aromatic heterocycles. The molecule has 0 saturated heterocycles. The molecule has 4 rings (SSSR count). The van der Waals surface area contributed by atoms with Gasteiger partial charge in [0, 0.05) is 11.4 Å².